The van der Waals surface area contributed by atoms with E-state index in [2.05, 4.69) is 9.71 Å². The Kier molecular flexibility index (Phi) is 7.66. The summed E-state index contributed by atoms with van der Waals surface area (Å²) < 4.78 is 40.6. The van der Waals surface area contributed by atoms with Crippen LogP contribution in [0, 0.1) is 10.1 Å². The highest BCUT2D eigenvalue weighted by atomic mass is 32.2. The minimum absolute atomic E-state index is 0.0354. The largest absolute Gasteiger partial charge is 0.497 e. The number of anilines is 1. The van der Waals surface area contributed by atoms with Crippen LogP contribution in [0.2, 0.25) is 0 Å². The fourth-order valence-electron chi connectivity index (χ4n) is 3.50. The summed E-state index contributed by atoms with van der Waals surface area (Å²) in [6, 6.07) is 16.3. The number of sulfonamides is 1. The number of ether oxygens (including phenoxy) is 2. The standard InChI is InChI=1S/C24H22N4O7S2/c1-34-13-12-27-21-11-6-18(28(30)31)15-22(21)36-24(27)25-23(29)16-4-3-5-17(14-16)26-37(32,33)20-9-7-19(35-2)8-10-20/h3-11,14-15,26H,12-13H2,1-2H3. The Hall–Kier alpha value is -4.07. The number of amides is 1. The van der Waals surface area contributed by atoms with Crippen molar-refractivity contribution in [3.8, 4) is 5.75 Å². The molecule has 0 aliphatic heterocycles. The third-order valence-corrected chi connectivity index (χ3v) is 7.76. The van der Waals surface area contributed by atoms with Crippen LogP contribution in [-0.4, -0.2) is 44.6 Å². The van der Waals surface area contributed by atoms with Crippen LogP contribution in [0.5, 0.6) is 5.75 Å². The fourth-order valence-corrected chi connectivity index (χ4v) is 5.63. The van der Waals surface area contributed by atoms with Crippen LogP contribution >= 0.6 is 11.3 Å². The number of aromatic nitrogens is 1. The summed E-state index contributed by atoms with van der Waals surface area (Å²) in [6.45, 7) is 0.717. The molecule has 0 aliphatic carbocycles. The number of nitrogens with zero attached hydrogens (tertiary/aromatic N) is 3. The zero-order valence-electron chi connectivity index (χ0n) is 19.8. The van der Waals surface area contributed by atoms with E-state index in [4.69, 9.17) is 9.47 Å². The third-order valence-electron chi connectivity index (χ3n) is 5.32. The second-order valence-electron chi connectivity index (χ2n) is 7.72. The van der Waals surface area contributed by atoms with Gasteiger partial charge >= 0.3 is 0 Å². The van der Waals surface area contributed by atoms with Gasteiger partial charge in [0.15, 0.2) is 4.80 Å². The van der Waals surface area contributed by atoms with Crippen LogP contribution in [-0.2, 0) is 21.3 Å². The van der Waals surface area contributed by atoms with Crippen molar-refractivity contribution >= 4 is 48.9 Å². The zero-order valence-corrected chi connectivity index (χ0v) is 21.4. The topological polar surface area (TPSA) is 142 Å². The summed E-state index contributed by atoms with van der Waals surface area (Å²) in [7, 11) is -0.878. The normalized spacial score (nSPS) is 12.0. The van der Waals surface area contributed by atoms with Crippen LogP contribution in [0.25, 0.3) is 10.2 Å². The average Bonchev–Trinajstić information content (AvgIpc) is 3.23. The van der Waals surface area contributed by atoms with Crippen molar-refractivity contribution in [2.45, 2.75) is 11.4 Å². The minimum Gasteiger partial charge on any atom is -0.497 e. The van der Waals surface area contributed by atoms with Gasteiger partial charge in [0.25, 0.3) is 21.6 Å². The number of carbonyl (C=O) groups excluding carboxylic acids is 1. The monoisotopic (exact) mass is 542 g/mol. The maximum absolute atomic E-state index is 13.0. The highest BCUT2D eigenvalue weighted by molar-refractivity contribution is 7.92. The Morgan fingerprint density at radius 3 is 2.54 bits per heavy atom. The first-order valence-corrected chi connectivity index (χ1v) is 13.1. The fraction of sp³-hybridized carbons (Fsp3) is 0.167. The SMILES string of the molecule is COCCn1c(=NC(=O)c2cccc(NS(=O)(=O)c3ccc(OC)cc3)c2)sc2cc([N+](=O)[O-])ccc21. The van der Waals surface area contributed by atoms with E-state index in [-0.39, 0.29) is 21.8 Å². The van der Waals surface area contributed by atoms with Crippen LogP contribution < -0.4 is 14.3 Å². The molecule has 0 aliphatic rings. The van der Waals surface area contributed by atoms with Gasteiger partial charge in [-0.2, -0.15) is 4.99 Å². The van der Waals surface area contributed by atoms with E-state index in [1.54, 1.807) is 23.8 Å². The van der Waals surface area contributed by atoms with Crippen molar-refractivity contribution in [3.05, 3.63) is 87.2 Å². The average molecular weight is 543 g/mol. The number of thiazole rings is 1. The highest BCUT2D eigenvalue weighted by Gasteiger charge is 2.16. The smallest absolute Gasteiger partial charge is 0.279 e. The van der Waals surface area contributed by atoms with Gasteiger partial charge in [-0.25, -0.2) is 8.42 Å². The Bertz CT molecular complexity index is 1640. The number of non-ortho nitro benzene ring substituents is 1. The van der Waals surface area contributed by atoms with Crippen LogP contribution in [0.1, 0.15) is 10.4 Å². The number of rotatable bonds is 9. The molecular formula is C24H22N4O7S2. The second kappa shape index (κ2) is 10.9. The summed E-state index contributed by atoms with van der Waals surface area (Å²) in [5.41, 5.74) is 0.968. The third kappa shape index (κ3) is 5.85. The number of methoxy groups -OCH3 is 2. The molecule has 4 rings (SSSR count). The number of nitro groups is 1. The molecule has 1 N–H and O–H groups in total. The number of benzene rings is 3. The number of hydrogen-bond donors (Lipinski definition) is 1. The van der Waals surface area contributed by atoms with Crippen LogP contribution in [0.15, 0.2) is 76.6 Å². The van der Waals surface area contributed by atoms with Gasteiger partial charge in [0.1, 0.15) is 5.75 Å². The summed E-state index contributed by atoms with van der Waals surface area (Å²) in [4.78, 5) is 28.3. The van der Waals surface area contributed by atoms with Crippen molar-refractivity contribution in [1.82, 2.24) is 4.57 Å². The molecule has 0 spiro atoms. The Balaban J connectivity index is 1.66. The summed E-state index contributed by atoms with van der Waals surface area (Å²) in [5.74, 6) is -0.0792. The molecule has 1 aromatic heterocycles. The molecule has 0 saturated carbocycles. The molecule has 192 valence electrons. The number of hydrogen-bond acceptors (Lipinski definition) is 8. The van der Waals surface area contributed by atoms with Crippen molar-refractivity contribution in [1.29, 1.82) is 0 Å². The molecular weight excluding hydrogens is 520 g/mol. The molecule has 37 heavy (non-hydrogen) atoms. The number of nitro benzene ring substituents is 1. The van der Waals surface area contributed by atoms with E-state index in [0.29, 0.717) is 33.9 Å². The summed E-state index contributed by atoms with van der Waals surface area (Å²) in [5, 5.41) is 11.2. The van der Waals surface area contributed by atoms with Crippen molar-refractivity contribution < 1.29 is 27.6 Å². The quantitative estimate of drug-likeness (QED) is 0.250. The molecule has 0 saturated heterocycles. The lowest BCUT2D eigenvalue weighted by Crippen LogP contribution is -2.19. The Labute approximate surface area is 215 Å². The van der Waals surface area contributed by atoms with Crippen molar-refractivity contribution in [2.75, 3.05) is 25.5 Å². The molecule has 0 atom stereocenters. The van der Waals surface area contributed by atoms with Crippen LogP contribution in [0.4, 0.5) is 11.4 Å². The molecule has 3 aromatic carbocycles. The van der Waals surface area contributed by atoms with Gasteiger partial charge in [-0.1, -0.05) is 17.4 Å². The number of fused-ring (bicyclic) bond motifs is 1. The number of carbonyl (C=O) groups is 1. The second-order valence-corrected chi connectivity index (χ2v) is 10.4. The summed E-state index contributed by atoms with van der Waals surface area (Å²) in [6.07, 6.45) is 0. The van der Waals surface area contributed by atoms with Gasteiger partial charge < -0.3 is 14.0 Å². The minimum atomic E-state index is -3.90. The van der Waals surface area contributed by atoms with E-state index in [1.807, 2.05) is 0 Å². The van der Waals surface area contributed by atoms with Gasteiger partial charge in [0, 0.05) is 37.0 Å². The molecule has 4 aromatic rings. The molecule has 0 unspecified atom stereocenters. The lowest BCUT2D eigenvalue weighted by molar-refractivity contribution is -0.384. The maximum atomic E-state index is 13.0. The van der Waals surface area contributed by atoms with E-state index in [1.165, 1.54) is 61.7 Å². The highest BCUT2D eigenvalue weighted by Crippen LogP contribution is 2.24. The van der Waals surface area contributed by atoms with E-state index in [9.17, 15) is 23.3 Å². The van der Waals surface area contributed by atoms with E-state index in [0.717, 1.165) is 11.3 Å². The molecule has 0 radical (unpaired) electrons. The summed E-state index contributed by atoms with van der Waals surface area (Å²) >= 11 is 1.14. The molecule has 0 bridgehead atoms. The zero-order chi connectivity index (χ0) is 26.6. The van der Waals surface area contributed by atoms with E-state index < -0.39 is 20.9 Å². The van der Waals surface area contributed by atoms with Crippen molar-refractivity contribution in [3.63, 3.8) is 0 Å². The maximum Gasteiger partial charge on any atom is 0.279 e. The Morgan fingerprint density at radius 1 is 1.11 bits per heavy atom. The lowest BCUT2D eigenvalue weighted by Gasteiger charge is -2.09. The Morgan fingerprint density at radius 2 is 1.86 bits per heavy atom. The first kappa shape index (κ1) is 26.0. The first-order chi connectivity index (χ1) is 17.7. The molecule has 13 heteroatoms. The predicted molar refractivity (Wildman–Crippen MR) is 138 cm³/mol. The molecule has 11 nitrogen and oxygen atoms in total. The van der Waals surface area contributed by atoms with Gasteiger partial charge in [-0.05, 0) is 48.5 Å². The number of nitrogens with one attached hydrogen (secondary N) is 1. The van der Waals surface area contributed by atoms with Crippen LogP contribution in [0.3, 0.4) is 0 Å². The van der Waals surface area contributed by atoms with E-state index >= 15 is 0 Å². The van der Waals surface area contributed by atoms with Gasteiger partial charge in [0.05, 0.1) is 33.8 Å². The molecule has 1 heterocycles. The first-order valence-electron chi connectivity index (χ1n) is 10.8. The van der Waals surface area contributed by atoms with Gasteiger partial charge in [0.2, 0.25) is 0 Å². The molecule has 1 amide bonds. The van der Waals surface area contributed by atoms with Crippen molar-refractivity contribution in [2.24, 2.45) is 4.99 Å². The van der Waals surface area contributed by atoms with Gasteiger partial charge in [-0.15, -0.1) is 0 Å². The molecule has 0 fully saturated rings. The predicted octanol–water partition coefficient (Wildman–Crippen LogP) is 3.81. The lowest BCUT2D eigenvalue weighted by atomic mass is 10.2. The van der Waals surface area contributed by atoms with Gasteiger partial charge in [-0.3, -0.25) is 19.6 Å².